The zero-order valence-electron chi connectivity index (χ0n) is 20.3. The van der Waals surface area contributed by atoms with Gasteiger partial charge < -0.3 is 4.74 Å². The van der Waals surface area contributed by atoms with E-state index in [1.165, 1.54) is 41.7 Å². The first kappa shape index (κ1) is 25.1. The second kappa shape index (κ2) is 13.2. The van der Waals surface area contributed by atoms with E-state index in [9.17, 15) is 0 Å². The number of hydrogen-bond acceptors (Lipinski definition) is 8. The van der Waals surface area contributed by atoms with Crippen molar-refractivity contribution in [1.82, 2.24) is 4.98 Å². The third-order valence-corrected chi connectivity index (χ3v) is 7.50. The smallest absolute Gasteiger partial charge is 0.231 e. The Kier molecular flexibility index (Phi) is 9.48. The van der Waals surface area contributed by atoms with E-state index in [-0.39, 0.29) is 0 Å². The van der Waals surface area contributed by atoms with Crippen molar-refractivity contribution in [3.05, 3.63) is 59.5 Å². The topological polar surface area (TPSA) is 71.6 Å². The molecule has 0 N–H and O–H groups in total. The van der Waals surface area contributed by atoms with Crippen LogP contribution in [0.3, 0.4) is 0 Å². The molecule has 182 valence electrons. The third-order valence-electron chi connectivity index (χ3n) is 5.39. The highest BCUT2D eigenvalue weighted by atomic mass is 32.1. The van der Waals surface area contributed by atoms with E-state index < -0.39 is 0 Å². The highest BCUT2D eigenvalue weighted by Crippen LogP contribution is 2.35. The molecule has 0 bridgehead atoms. The third kappa shape index (κ3) is 7.77. The Morgan fingerprint density at radius 3 is 1.97 bits per heavy atom. The fraction of sp³-hybridized carbons (Fsp3) is 0.370. The molecule has 0 aliphatic rings. The standard InChI is InChI=1S/C27H31N5OS2/c1-3-5-7-8-18-33-23-16-14-22(15-17-23)30-29-20-10-12-21(13-11-20)31-32-27-28-26-25(35-27)19-24(34-26)9-6-4-2/h10-17,19H,3-9,18H2,1-2H3. The van der Waals surface area contributed by atoms with Gasteiger partial charge in [0.25, 0.3) is 0 Å². The molecule has 2 aromatic heterocycles. The lowest BCUT2D eigenvalue weighted by atomic mass is 10.2. The molecule has 2 aromatic carbocycles. The number of benzene rings is 2. The predicted octanol–water partition coefficient (Wildman–Crippen LogP) is 10.5. The molecule has 0 unspecified atom stereocenters. The molecule has 2 heterocycles. The Morgan fingerprint density at radius 1 is 0.714 bits per heavy atom. The summed E-state index contributed by atoms with van der Waals surface area (Å²) in [6, 6.07) is 17.5. The highest BCUT2D eigenvalue weighted by molar-refractivity contribution is 7.28. The molecule has 8 heteroatoms. The number of ether oxygens (including phenoxy) is 1. The molecule has 0 saturated carbocycles. The number of fused-ring (bicyclic) bond motifs is 1. The van der Waals surface area contributed by atoms with Crippen molar-refractivity contribution in [2.75, 3.05) is 6.61 Å². The SMILES string of the molecule is CCCCCCOc1ccc(N=Nc2ccc(N=Nc3nc4sc(CCCC)cc4s3)cc2)cc1. The molecular formula is C27H31N5OS2. The number of thiophene rings is 1. The largest absolute Gasteiger partial charge is 0.494 e. The van der Waals surface area contributed by atoms with Crippen LogP contribution in [0.5, 0.6) is 5.75 Å². The summed E-state index contributed by atoms with van der Waals surface area (Å²) in [6.07, 6.45) is 8.36. The zero-order valence-corrected chi connectivity index (χ0v) is 21.9. The van der Waals surface area contributed by atoms with E-state index >= 15 is 0 Å². The molecule has 0 aliphatic heterocycles. The Labute approximate surface area is 214 Å². The van der Waals surface area contributed by atoms with Crippen LogP contribution in [-0.4, -0.2) is 11.6 Å². The number of rotatable bonds is 13. The lowest BCUT2D eigenvalue weighted by Crippen LogP contribution is -1.96. The average molecular weight is 506 g/mol. The minimum absolute atomic E-state index is 0.686. The quantitative estimate of drug-likeness (QED) is 0.134. The van der Waals surface area contributed by atoms with Crippen molar-refractivity contribution in [3.8, 4) is 5.75 Å². The van der Waals surface area contributed by atoms with Gasteiger partial charge in [-0.2, -0.15) is 10.2 Å². The first-order valence-electron chi connectivity index (χ1n) is 12.3. The van der Waals surface area contributed by atoms with Crippen molar-refractivity contribution in [3.63, 3.8) is 0 Å². The van der Waals surface area contributed by atoms with Crippen molar-refractivity contribution in [2.24, 2.45) is 20.5 Å². The Morgan fingerprint density at radius 2 is 1.34 bits per heavy atom. The minimum atomic E-state index is 0.686. The number of hydrogen-bond donors (Lipinski definition) is 0. The normalized spacial score (nSPS) is 11.8. The van der Waals surface area contributed by atoms with Crippen LogP contribution in [-0.2, 0) is 6.42 Å². The van der Waals surface area contributed by atoms with Crippen molar-refractivity contribution in [2.45, 2.75) is 58.8 Å². The number of nitrogens with zero attached hydrogens (tertiary/aromatic N) is 5. The van der Waals surface area contributed by atoms with Gasteiger partial charge in [0.05, 0.1) is 28.4 Å². The van der Waals surface area contributed by atoms with Gasteiger partial charge in [-0.1, -0.05) is 50.9 Å². The number of aryl methyl sites for hydroxylation is 1. The molecular weight excluding hydrogens is 474 g/mol. The second-order valence-corrected chi connectivity index (χ2v) is 10.4. The minimum Gasteiger partial charge on any atom is -0.494 e. The summed E-state index contributed by atoms with van der Waals surface area (Å²) < 4.78 is 6.97. The maximum atomic E-state index is 5.78. The number of aromatic nitrogens is 1. The Balaban J connectivity index is 1.28. The first-order valence-corrected chi connectivity index (χ1v) is 13.9. The van der Waals surface area contributed by atoms with Gasteiger partial charge >= 0.3 is 0 Å². The lowest BCUT2D eigenvalue weighted by molar-refractivity contribution is 0.305. The van der Waals surface area contributed by atoms with Gasteiger partial charge in [0.2, 0.25) is 5.13 Å². The summed E-state index contributed by atoms with van der Waals surface area (Å²) in [4.78, 5) is 7.06. The van der Waals surface area contributed by atoms with Crippen LogP contribution in [0.4, 0.5) is 22.2 Å². The van der Waals surface area contributed by atoms with Crippen LogP contribution >= 0.6 is 22.7 Å². The summed E-state index contributed by atoms with van der Waals surface area (Å²) in [5.74, 6) is 0.868. The van der Waals surface area contributed by atoms with Crippen LogP contribution < -0.4 is 4.74 Å². The van der Waals surface area contributed by atoms with Gasteiger partial charge in [-0.05, 0) is 73.9 Å². The van der Waals surface area contributed by atoms with Gasteiger partial charge in [-0.15, -0.1) is 21.6 Å². The average Bonchev–Trinajstić information content (AvgIpc) is 3.45. The van der Waals surface area contributed by atoms with Gasteiger partial charge in [0, 0.05) is 4.88 Å². The second-order valence-electron chi connectivity index (χ2n) is 8.30. The van der Waals surface area contributed by atoms with Crippen LogP contribution in [0.1, 0.15) is 57.2 Å². The summed E-state index contributed by atoms with van der Waals surface area (Å²) >= 11 is 3.34. The number of thiazole rings is 1. The number of unbranched alkanes of at least 4 members (excludes halogenated alkanes) is 4. The van der Waals surface area contributed by atoms with Gasteiger partial charge in [0.15, 0.2) is 0 Å². The maximum Gasteiger partial charge on any atom is 0.231 e. The molecule has 4 aromatic rings. The fourth-order valence-electron chi connectivity index (χ4n) is 3.42. The molecule has 0 aliphatic carbocycles. The van der Waals surface area contributed by atoms with Crippen molar-refractivity contribution >= 4 is 54.4 Å². The van der Waals surface area contributed by atoms with E-state index in [0.29, 0.717) is 5.13 Å². The van der Waals surface area contributed by atoms with Gasteiger partial charge in [0.1, 0.15) is 10.6 Å². The first-order chi connectivity index (χ1) is 17.2. The van der Waals surface area contributed by atoms with Crippen LogP contribution in [0.2, 0.25) is 0 Å². The maximum absolute atomic E-state index is 5.78. The van der Waals surface area contributed by atoms with Crippen molar-refractivity contribution in [1.29, 1.82) is 0 Å². The number of azo groups is 2. The monoisotopic (exact) mass is 505 g/mol. The van der Waals surface area contributed by atoms with Gasteiger partial charge in [-0.25, -0.2) is 4.98 Å². The summed E-state index contributed by atoms with van der Waals surface area (Å²) in [5, 5.41) is 18.0. The summed E-state index contributed by atoms with van der Waals surface area (Å²) in [6.45, 7) is 5.18. The molecule has 0 saturated heterocycles. The lowest BCUT2D eigenvalue weighted by Gasteiger charge is -2.05. The fourth-order valence-corrected chi connectivity index (χ4v) is 5.51. The molecule has 4 rings (SSSR count). The van der Waals surface area contributed by atoms with Crippen molar-refractivity contribution < 1.29 is 4.74 Å². The molecule has 0 atom stereocenters. The molecule has 0 radical (unpaired) electrons. The van der Waals surface area contributed by atoms with Crippen LogP contribution in [0.15, 0.2) is 75.1 Å². The van der Waals surface area contributed by atoms with Gasteiger partial charge in [-0.3, -0.25) is 0 Å². The van der Waals surface area contributed by atoms with Crippen LogP contribution in [0, 0.1) is 0 Å². The van der Waals surface area contributed by atoms with E-state index in [4.69, 9.17) is 4.74 Å². The molecule has 0 fully saturated rings. The van der Waals surface area contributed by atoms with E-state index in [1.54, 1.807) is 22.7 Å². The zero-order chi connectivity index (χ0) is 24.3. The van der Waals surface area contributed by atoms with E-state index in [2.05, 4.69) is 45.4 Å². The summed E-state index contributed by atoms with van der Waals surface area (Å²) in [5.41, 5.74) is 2.30. The highest BCUT2D eigenvalue weighted by Gasteiger charge is 2.08. The molecule has 0 spiro atoms. The molecule has 0 amide bonds. The predicted molar refractivity (Wildman–Crippen MR) is 147 cm³/mol. The van der Waals surface area contributed by atoms with E-state index in [0.717, 1.165) is 47.1 Å². The molecule has 6 nitrogen and oxygen atoms in total. The Hall–Kier alpha value is -2.97. The van der Waals surface area contributed by atoms with Crippen LogP contribution in [0.25, 0.3) is 9.53 Å². The van der Waals surface area contributed by atoms with E-state index in [1.807, 2.05) is 48.5 Å². The Bertz CT molecular complexity index is 1210. The molecule has 35 heavy (non-hydrogen) atoms. The summed E-state index contributed by atoms with van der Waals surface area (Å²) in [7, 11) is 0.